The van der Waals surface area contributed by atoms with Gasteiger partial charge in [-0.05, 0) is 12.5 Å². The van der Waals surface area contributed by atoms with Crippen LogP contribution in [-0.4, -0.2) is 49.8 Å². The van der Waals surface area contributed by atoms with Crippen molar-refractivity contribution >= 4 is 21.9 Å². The number of nitrogens with one attached hydrogen (secondary N) is 1. The summed E-state index contributed by atoms with van der Waals surface area (Å²) < 4.78 is 30.6. The predicted octanol–water partition coefficient (Wildman–Crippen LogP) is 1.26. The van der Waals surface area contributed by atoms with Gasteiger partial charge in [0.1, 0.15) is 16.7 Å². The van der Waals surface area contributed by atoms with Crippen LogP contribution in [0.25, 0.3) is 0 Å². The van der Waals surface area contributed by atoms with Crippen molar-refractivity contribution in [3.63, 3.8) is 0 Å². The van der Waals surface area contributed by atoms with E-state index in [4.69, 9.17) is 4.42 Å². The molecule has 0 aliphatic heterocycles. The lowest BCUT2D eigenvalue weighted by atomic mass is 10.1. The first-order valence-electron chi connectivity index (χ1n) is 7.73. The highest BCUT2D eigenvalue weighted by Gasteiger charge is 2.28. The Bertz CT molecular complexity index is 903. The molecule has 9 heteroatoms. The van der Waals surface area contributed by atoms with Gasteiger partial charge in [0, 0.05) is 26.6 Å². The van der Waals surface area contributed by atoms with Crippen molar-refractivity contribution in [2.75, 3.05) is 14.1 Å². The summed E-state index contributed by atoms with van der Waals surface area (Å²) in [6, 6.07) is 8.76. The molecule has 1 amide bonds. The first-order valence-corrected chi connectivity index (χ1v) is 9.17. The van der Waals surface area contributed by atoms with Crippen LogP contribution in [-0.2, 0) is 21.2 Å². The molecule has 1 heterocycles. The number of hydrogen-bond donors (Lipinski definition) is 2. The van der Waals surface area contributed by atoms with E-state index in [2.05, 4.69) is 5.32 Å². The maximum atomic E-state index is 12.3. The summed E-state index contributed by atoms with van der Waals surface area (Å²) in [6.07, 6.45) is 0.0878. The molecule has 1 unspecified atom stereocenters. The lowest BCUT2D eigenvalue weighted by Crippen LogP contribution is -2.42. The Balaban J connectivity index is 2.21. The Morgan fingerprint density at radius 1 is 1.23 bits per heavy atom. The van der Waals surface area contributed by atoms with Gasteiger partial charge < -0.3 is 14.8 Å². The second-order valence-corrected chi connectivity index (χ2v) is 7.99. The second-order valence-electron chi connectivity index (χ2n) is 5.87. The van der Waals surface area contributed by atoms with E-state index in [-0.39, 0.29) is 22.8 Å². The molecule has 0 bridgehead atoms. The Morgan fingerprint density at radius 3 is 2.38 bits per heavy atom. The highest BCUT2D eigenvalue weighted by Crippen LogP contribution is 2.22. The fraction of sp³-hybridized carbons (Fsp3) is 0.294. The molecule has 0 aliphatic carbocycles. The van der Waals surface area contributed by atoms with Crippen molar-refractivity contribution < 1.29 is 27.5 Å². The zero-order valence-corrected chi connectivity index (χ0v) is 15.4. The molecule has 2 rings (SSSR count). The number of furan rings is 1. The van der Waals surface area contributed by atoms with Gasteiger partial charge in [0.05, 0.1) is 0 Å². The van der Waals surface area contributed by atoms with Crippen molar-refractivity contribution in [2.24, 2.45) is 0 Å². The van der Waals surface area contributed by atoms with Crippen LogP contribution in [0.5, 0.6) is 0 Å². The number of aryl methyl sites for hydroxylation is 1. The SMILES string of the molecule is Cc1oc(C(=O)NC(Cc2ccccc2)C(=O)O)cc1S(=O)(=O)N(C)C. The van der Waals surface area contributed by atoms with Gasteiger partial charge in [-0.25, -0.2) is 17.5 Å². The number of hydrogen-bond acceptors (Lipinski definition) is 5. The van der Waals surface area contributed by atoms with Gasteiger partial charge in [-0.15, -0.1) is 0 Å². The van der Waals surface area contributed by atoms with E-state index in [9.17, 15) is 23.1 Å². The number of sulfonamides is 1. The maximum Gasteiger partial charge on any atom is 0.326 e. The number of carboxylic acids is 1. The average Bonchev–Trinajstić information content (AvgIpc) is 2.97. The maximum absolute atomic E-state index is 12.3. The van der Waals surface area contributed by atoms with E-state index < -0.39 is 27.9 Å². The molecule has 8 nitrogen and oxygen atoms in total. The zero-order valence-electron chi connectivity index (χ0n) is 14.6. The average molecular weight is 380 g/mol. The molecule has 2 aromatic rings. The van der Waals surface area contributed by atoms with Crippen LogP contribution in [0.4, 0.5) is 0 Å². The smallest absolute Gasteiger partial charge is 0.326 e. The number of aliphatic carboxylic acids is 1. The van der Waals surface area contributed by atoms with Gasteiger partial charge >= 0.3 is 5.97 Å². The number of rotatable bonds is 7. The Kier molecular flexibility index (Phi) is 5.83. The number of carbonyl (C=O) groups excluding carboxylic acids is 1. The minimum Gasteiger partial charge on any atom is -0.480 e. The third-order valence-corrected chi connectivity index (χ3v) is 5.66. The van der Waals surface area contributed by atoms with Gasteiger partial charge in [-0.2, -0.15) is 0 Å². The number of amides is 1. The minimum absolute atomic E-state index is 0.0544. The third-order valence-electron chi connectivity index (χ3n) is 3.74. The van der Waals surface area contributed by atoms with Crippen molar-refractivity contribution in [1.82, 2.24) is 9.62 Å². The first-order chi connectivity index (χ1) is 12.1. The van der Waals surface area contributed by atoms with E-state index in [1.54, 1.807) is 30.3 Å². The standard InChI is InChI=1S/C17H20N2O6S/c1-11-15(26(23,24)19(2)3)10-14(25-11)16(20)18-13(17(21)22)9-12-7-5-4-6-8-12/h4-8,10,13H,9H2,1-3H3,(H,18,20)(H,21,22). The molecule has 0 saturated carbocycles. The van der Waals surface area contributed by atoms with Crippen molar-refractivity contribution in [3.8, 4) is 0 Å². The number of carbonyl (C=O) groups is 2. The van der Waals surface area contributed by atoms with E-state index in [1.807, 2.05) is 0 Å². The van der Waals surface area contributed by atoms with Crippen LogP contribution in [0.3, 0.4) is 0 Å². The summed E-state index contributed by atoms with van der Waals surface area (Å²) >= 11 is 0. The molecule has 1 aromatic heterocycles. The van der Waals surface area contributed by atoms with Crippen LogP contribution in [0.15, 0.2) is 45.7 Å². The van der Waals surface area contributed by atoms with E-state index in [0.717, 1.165) is 15.9 Å². The molecule has 26 heavy (non-hydrogen) atoms. The normalized spacial score (nSPS) is 12.8. The summed E-state index contributed by atoms with van der Waals surface area (Å²) in [5, 5.41) is 11.7. The van der Waals surface area contributed by atoms with Crippen LogP contribution < -0.4 is 5.32 Å². The van der Waals surface area contributed by atoms with Crippen LogP contribution in [0, 0.1) is 6.92 Å². The summed E-state index contributed by atoms with van der Waals surface area (Å²) in [5.74, 6) is -2.20. The molecule has 0 saturated heterocycles. The van der Waals surface area contributed by atoms with Gasteiger partial charge in [0.25, 0.3) is 5.91 Å². The van der Waals surface area contributed by atoms with Crippen molar-refractivity contribution in [1.29, 1.82) is 0 Å². The van der Waals surface area contributed by atoms with Crippen molar-refractivity contribution in [3.05, 3.63) is 53.5 Å². The monoisotopic (exact) mass is 380 g/mol. The molecule has 0 spiro atoms. The predicted molar refractivity (Wildman–Crippen MR) is 93.4 cm³/mol. The largest absolute Gasteiger partial charge is 0.480 e. The molecule has 2 N–H and O–H groups in total. The topological polar surface area (TPSA) is 117 Å². The molecule has 0 radical (unpaired) electrons. The first kappa shape index (κ1) is 19.7. The second kappa shape index (κ2) is 7.71. The molecule has 140 valence electrons. The van der Waals surface area contributed by atoms with Crippen LogP contribution in [0.1, 0.15) is 21.9 Å². The number of benzene rings is 1. The van der Waals surface area contributed by atoms with Crippen LogP contribution >= 0.6 is 0 Å². The summed E-state index contributed by atoms with van der Waals surface area (Å²) in [6.45, 7) is 1.42. The lowest BCUT2D eigenvalue weighted by Gasteiger charge is -2.13. The highest BCUT2D eigenvalue weighted by atomic mass is 32.2. The zero-order chi connectivity index (χ0) is 19.5. The van der Waals surface area contributed by atoms with E-state index >= 15 is 0 Å². The molecular formula is C17H20N2O6S. The number of carboxylic acid groups (broad SMARTS) is 1. The lowest BCUT2D eigenvalue weighted by molar-refractivity contribution is -0.139. The van der Waals surface area contributed by atoms with E-state index in [0.29, 0.717) is 0 Å². The number of nitrogens with zero attached hydrogens (tertiary/aromatic N) is 1. The summed E-state index contributed by atoms with van der Waals surface area (Å²) in [4.78, 5) is 23.6. The minimum atomic E-state index is -3.77. The Hall–Kier alpha value is -2.65. The summed E-state index contributed by atoms with van der Waals surface area (Å²) in [5.41, 5.74) is 0.742. The van der Waals surface area contributed by atoms with Gasteiger partial charge in [-0.3, -0.25) is 4.79 Å². The van der Waals surface area contributed by atoms with Gasteiger partial charge in [0.2, 0.25) is 10.0 Å². The molecule has 1 aromatic carbocycles. The highest BCUT2D eigenvalue weighted by molar-refractivity contribution is 7.89. The van der Waals surface area contributed by atoms with Crippen LogP contribution in [0.2, 0.25) is 0 Å². The fourth-order valence-corrected chi connectivity index (χ4v) is 3.36. The fourth-order valence-electron chi connectivity index (χ4n) is 2.31. The molecule has 0 aliphatic rings. The quantitative estimate of drug-likeness (QED) is 0.747. The Labute approximate surface area is 151 Å². The van der Waals surface area contributed by atoms with Gasteiger partial charge in [0.15, 0.2) is 5.76 Å². The summed E-state index contributed by atoms with van der Waals surface area (Å²) in [7, 11) is -1.04. The molecule has 0 fully saturated rings. The van der Waals surface area contributed by atoms with E-state index in [1.165, 1.54) is 21.0 Å². The molecule has 1 atom stereocenters. The van der Waals surface area contributed by atoms with Crippen molar-refractivity contribution in [2.45, 2.75) is 24.3 Å². The molecular weight excluding hydrogens is 360 g/mol. The van der Waals surface area contributed by atoms with Gasteiger partial charge in [-0.1, -0.05) is 30.3 Å². The third kappa shape index (κ3) is 4.30. The Morgan fingerprint density at radius 2 is 1.85 bits per heavy atom.